The molecule has 3 aliphatic rings. The summed E-state index contributed by atoms with van der Waals surface area (Å²) in [5, 5.41) is 49.8. The molecule has 0 spiro atoms. The number of fused-ring (bicyclic) bond motifs is 2. The van der Waals surface area contributed by atoms with Crippen LogP contribution in [0.4, 0.5) is 16.2 Å². The molecule has 0 bridgehead atoms. The molecule has 0 aromatic heterocycles. The minimum absolute atomic E-state index is 0.0315. The van der Waals surface area contributed by atoms with Crippen molar-refractivity contribution in [2.24, 2.45) is 0 Å². The Labute approximate surface area is 629 Å². The Morgan fingerprint density at radius 3 is 1.57 bits per heavy atom. The molecule has 108 heavy (non-hydrogen) atoms. The van der Waals surface area contributed by atoms with Crippen molar-refractivity contribution >= 4 is 105 Å². The van der Waals surface area contributed by atoms with Crippen molar-refractivity contribution in [2.45, 2.75) is 232 Å². The van der Waals surface area contributed by atoms with E-state index >= 15 is 0 Å². The van der Waals surface area contributed by atoms with Crippen LogP contribution in [0.5, 0.6) is 5.75 Å². The number of amides is 5. The average molecular weight is 1590 g/mol. The number of hydrogen-bond donors (Lipinski definition) is 13. The third-order valence-electron chi connectivity index (χ3n) is 19.3. The van der Waals surface area contributed by atoms with Gasteiger partial charge in [-0.1, -0.05) is 32.8 Å². The lowest BCUT2D eigenvalue weighted by Crippen LogP contribution is -2.51. The van der Waals surface area contributed by atoms with Gasteiger partial charge in [-0.3, -0.25) is 37.4 Å². The van der Waals surface area contributed by atoms with Gasteiger partial charge in [-0.15, -0.1) is 0 Å². The SMILES string of the molecule is CC1(C)C(CCC2=C(Oc3ccc(S(=O)(=O)O)cc3)/C(=C/C=C3/N(CCCCS(=O)(=O)O)c4ccc(S(=O)(=O)O)cc4C3(C)C)CCC2)=[N+](CCCCCC(=O)NCCCCC(NC(=O)CCCCCCC(=O)NCCCC[C@H](NC(=O)N[C@@H](CCC(=O)O)C(=O)O)C(=O)O)C(=O)O)c2ccc(S(=O)(=O)O)cc21. The minimum Gasteiger partial charge on any atom is -0.481 e. The van der Waals surface area contributed by atoms with E-state index in [9.17, 15) is 106 Å². The van der Waals surface area contributed by atoms with Crippen LogP contribution >= 0.6 is 0 Å². The van der Waals surface area contributed by atoms with E-state index in [4.69, 9.17) is 9.84 Å². The summed E-state index contributed by atoms with van der Waals surface area (Å²) >= 11 is 0. The molecule has 1 aliphatic carbocycles. The molecule has 1 unspecified atom stereocenters. The number of carbonyl (C=O) groups is 8. The highest BCUT2D eigenvalue weighted by Crippen LogP contribution is 2.49. The Bertz CT molecular complexity index is 4400. The van der Waals surface area contributed by atoms with Gasteiger partial charge in [-0.2, -0.15) is 38.2 Å². The summed E-state index contributed by atoms with van der Waals surface area (Å²) in [4.78, 5) is 97.3. The summed E-state index contributed by atoms with van der Waals surface area (Å²) in [5.74, 6) is -5.98. The van der Waals surface area contributed by atoms with E-state index in [1.54, 1.807) is 12.1 Å². The third-order valence-corrected chi connectivity index (χ3v) is 22.6. The standard InChI is InChI=1S/C72H99N7O25S4/c1-71(2)53-45-51(107(98,99)100)32-35-58(53)78(42-15-7-10-24-63(81)74-40-13-11-21-55(67(85)86)75-64(82)25-9-6-5-8-23-62(80)73-41-14-12-22-56(68(87)88)76-70(91)77-57(69(89)90)34-39-65(83)84)60(71)37-26-47-19-18-20-48(66(47)104-49-28-30-50(31-29-49)106(95,96)97)27-38-61-72(3,4)54-46-52(108(101,102)103)33-36-59(54)79(61)43-16-17-44-105(92,93)94/h27-33,35-36,38,45-46,55-57H,5-26,34,37,39-44H2,1-4H3,(H12-,73,74,75,76,77,80,81,82,83,84,85,86,87,88,89,90,91,92,93,94,95,96,97,98,99,100,101,102,103)/p+1/b48-27+,61-38+/t55?,56-,57-/m0/s1. The summed E-state index contributed by atoms with van der Waals surface area (Å²) in [6.07, 6.45) is 11.7. The van der Waals surface area contributed by atoms with Gasteiger partial charge in [-0.05, 0) is 200 Å². The van der Waals surface area contributed by atoms with E-state index in [0.29, 0.717) is 138 Å². The predicted octanol–water partition coefficient (Wildman–Crippen LogP) is 8.49. The van der Waals surface area contributed by atoms with Gasteiger partial charge >= 0.3 is 29.9 Å². The summed E-state index contributed by atoms with van der Waals surface area (Å²) in [7, 11) is -18.1. The van der Waals surface area contributed by atoms with Crippen LogP contribution in [0.1, 0.15) is 199 Å². The normalized spacial score (nSPS) is 16.5. The Morgan fingerprint density at radius 1 is 0.528 bits per heavy atom. The van der Waals surface area contributed by atoms with E-state index in [0.717, 1.165) is 22.5 Å². The Morgan fingerprint density at radius 2 is 1.04 bits per heavy atom. The Kier molecular flexibility index (Phi) is 32.4. The molecular formula is C72H100N7O25S4+. The van der Waals surface area contributed by atoms with Crippen LogP contribution < -0.4 is 36.2 Å². The first-order chi connectivity index (χ1) is 50.6. The number of unbranched alkanes of at least 4 members (excludes halogenated alkanes) is 8. The first kappa shape index (κ1) is 88.3. The number of nitrogens with zero attached hydrogens (tertiary/aromatic N) is 2. The van der Waals surface area contributed by atoms with Crippen molar-refractivity contribution in [3.63, 3.8) is 0 Å². The topological polar surface area (TPSA) is 511 Å². The van der Waals surface area contributed by atoms with E-state index in [-0.39, 0.29) is 96.8 Å². The van der Waals surface area contributed by atoms with Crippen LogP contribution in [0, 0.1) is 0 Å². The van der Waals surface area contributed by atoms with Crippen LogP contribution in [0.15, 0.2) is 110 Å². The van der Waals surface area contributed by atoms with E-state index < -0.39 is 124 Å². The first-order valence-corrected chi connectivity index (χ1v) is 41.8. The number of carbonyl (C=O) groups excluding carboxylic acids is 4. The molecule has 0 radical (unpaired) electrons. The molecule has 5 amide bonds. The second-order valence-electron chi connectivity index (χ2n) is 28.1. The van der Waals surface area contributed by atoms with Gasteiger partial charge < -0.3 is 56.6 Å². The number of urea groups is 1. The highest BCUT2D eigenvalue weighted by molar-refractivity contribution is 7.86. The van der Waals surface area contributed by atoms with Crippen molar-refractivity contribution in [3.8, 4) is 5.75 Å². The van der Waals surface area contributed by atoms with Crippen molar-refractivity contribution in [2.75, 3.05) is 36.8 Å². The number of allylic oxidation sites excluding steroid dienone is 5. The van der Waals surface area contributed by atoms with Crippen LogP contribution in [-0.2, 0) is 84.9 Å². The monoisotopic (exact) mass is 1590 g/mol. The maximum atomic E-state index is 13.1. The maximum Gasteiger partial charge on any atom is 0.326 e. The largest absolute Gasteiger partial charge is 0.481 e. The zero-order valence-electron chi connectivity index (χ0n) is 60.9. The van der Waals surface area contributed by atoms with Gasteiger partial charge in [0.05, 0.1) is 25.9 Å². The van der Waals surface area contributed by atoms with Gasteiger partial charge in [0.15, 0.2) is 5.71 Å². The molecule has 6 rings (SSSR count). The quantitative estimate of drug-likeness (QED) is 0.0143. The van der Waals surface area contributed by atoms with Crippen LogP contribution in [0.25, 0.3) is 0 Å². The molecule has 36 heteroatoms. The Hall–Kier alpha value is -8.65. The molecule has 596 valence electrons. The third kappa shape index (κ3) is 26.9. The van der Waals surface area contributed by atoms with Crippen LogP contribution in [0.3, 0.4) is 0 Å². The molecule has 13 N–H and O–H groups in total. The van der Waals surface area contributed by atoms with Crippen molar-refractivity contribution in [3.05, 3.63) is 107 Å². The van der Waals surface area contributed by atoms with E-state index in [1.165, 1.54) is 48.5 Å². The molecule has 3 aromatic carbocycles. The lowest BCUT2D eigenvalue weighted by atomic mass is 9.79. The lowest BCUT2D eigenvalue weighted by molar-refractivity contribution is -0.440. The fourth-order valence-electron chi connectivity index (χ4n) is 13.5. The number of carboxylic acid groups (broad SMARTS) is 4. The average Bonchev–Trinajstić information content (AvgIpc) is 1.59. The number of anilines is 1. The molecule has 3 atom stereocenters. The fraction of sp³-hybridized carbons (Fsp3) is 0.542. The zero-order chi connectivity index (χ0) is 80.0. The van der Waals surface area contributed by atoms with Crippen LogP contribution in [-0.4, -0.2) is 180 Å². The van der Waals surface area contributed by atoms with Crippen molar-refractivity contribution in [1.29, 1.82) is 0 Å². The van der Waals surface area contributed by atoms with Gasteiger partial charge in [0.2, 0.25) is 23.4 Å². The summed E-state index contributed by atoms with van der Waals surface area (Å²) in [5.41, 5.74) is 4.10. The highest BCUT2D eigenvalue weighted by Gasteiger charge is 2.46. The van der Waals surface area contributed by atoms with Gasteiger partial charge in [0, 0.05) is 86.6 Å². The molecule has 2 aliphatic heterocycles. The number of rotatable bonds is 46. The maximum absolute atomic E-state index is 13.1. The van der Waals surface area contributed by atoms with Crippen LogP contribution in [0.2, 0.25) is 0 Å². The number of hydrogen-bond acceptors (Lipinski definition) is 18. The minimum atomic E-state index is -4.61. The van der Waals surface area contributed by atoms with E-state index in [2.05, 4.69) is 31.2 Å². The molecular weight excluding hydrogens is 1490 g/mol. The number of benzene rings is 3. The lowest BCUT2D eigenvalue weighted by Gasteiger charge is -2.28. The van der Waals surface area contributed by atoms with Gasteiger partial charge in [-0.25, -0.2) is 19.2 Å². The first-order valence-electron chi connectivity index (χ1n) is 35.9. The molecule has 0 saturated heterocycles. The molecule has 2 heterocycles. The smallest absolute Gasteiger partial charge is 0.326 e. The summed E-state index contributed by atoms with van der Waals surface area (Å²) < 4.78 is 146. The number of aliphatic carboxylic acids is 4. The molecule has 3 aromatic rings. The number of carboxylic acids is 4. The predicted molar refractivity (Wildman–Crippen MR) is 395 cm³/mol. The summed E-state index contributed by atoms with van der Waals surface area (Å²) in [6.45, 7) is 8.89. The second-order valence-corrected chi connectivity index (χ2v) is 33.9. The molecule has 0 fully saturated rings. The van der Waals surface area contributed by atoms with Gasteiger partial charge in [0.1, 0.15) is 36.2 Å². The van der Waals surface area contributed by atoms with Crippen molar-refractivity contribution < 1.29 is 120 Å². The van der Waals surface area contributed by atoms with Crippen molar-refractivity contribution in [1.82, 2.24) is 26.6 Å². The molecule has 32 nitrogen and oxygen atoms in total. The van der Waals surface area contributed by atoms with E-state index in [1.807, 2.05) is 44.7 Å². The number of nitrogens with one attached hydrogen (secondary N) is 5. The number of ether oxygens (including phenoxy) is 1. The second kappa shape index (κ2) is 39.6. The Balaban J connectivity index is 1.01. The van der Waals surface area contributed by atoms with Gasteiger partial charge in [0.25, 0.3) is 40.5 Å². The fourth-order valence-corrected chi connectivity index (χ4v) is 15.6. The summed E-state index contributed by atoms with van der Waals surface area (Å²) in [6, 6.07) is 8.78. The molecule has 0 saturated carbocycles. The highest BCUT2D eigenvalue weighted by atomic mass is 32.2. The zero-order valence-corrected chi connectivity index (χ0v) is 64.2.